The third-order valence-electron chi connectivity index (χ3n) is 19.6. The number of nitrogens with zero attached hydrogens (tertiary/aromatic N) is 2. The molecule has 1 aliphatic carbocycles. The van der Waals surface area contributed by atoms with Crippen molar-refractivity contribution in [3.05, 3.63) is 33.9 Å². The molecule has 468 valence electrons. The van der Waals surface area contributed by atoms with E-state index in [1.54, 1.807) is 34.6 Å². The molecule has 20 atom stereocenters. The number of carbonyl (C=O) groups is 6. The van der Waals surface area contributed by atoms with Crippen LogP contribution < -0.4 is 10.0 Å². The van der Waals surface area contributed by atoms with Gasteiger partial charge < -0.3 is 54.9 Å². The molecule has 7 rings (SSSR count). The number of carboxylic acid groups (broad SMARTS) is 1. The smallest absolute Gasteiger partial charge is 0.353 e. The second-order valence-electron chi connectivity index (χ2n) is 26.7. The van der Waals surface area contributed by atoms with Crippen LogP contribution in [0.1, 0.15) is 160 Å². The molecular weight excluding hydrogens is 1110 g/mol. The van der Waals surface area contributed by atoms with Crippen LogP contribution >= 0.6 is 11.8 Å². The lowest BCUT2D eigenvalue weighted by molar-refractivity contribution is -0.282. The molecule has 4 saturated heterocycles. The Hall–Kier alpha value is -3.58. The van der Waals surface area contributed by atoms with Crippen LogP contribution in [-0.4, -0.2) is 176 Å². The molecule has 7 N–H and O–H groups in total. The lowest BCUT2D eigenvalue weighted by Gasteiger charge is -2.46. The first-order valence-corrected chi connectivity index (χ1v) is 32.8. The minimum atomic E-state index is -4.04. The van der Waals surface area contributed by atoms with E-state index in [4.69, 9.17) is 14.2 Å². The summed E-state index contributed by atoms with van der Waals surface area (Å²) in [4.78, 5) is 86.8. The standard InChI is InChI=1S/C61H96N4O16S2/c1-31-21-32(2)23-41(18-19-60(10,11)83(77,78)63-29-42-27-43(30-62-42)82-54-38(8)50-49(39(9)66)56(71)65(50)51(54)58(73)74)47(69)28-46(68)37(7)53(35(5)25-40-16-17-45(67)48(26-40)79-12)80-59(75)44-15-13-14-20-64(44)57(72)55(70)61(76)36(6)24-34(4)52(81-61)33(3)22-31/h23,25,31,33-34,36-46,48-50,52-53,62-63,66-68,76H,13-22,24,26-30H2,1-12H3,(H,73,74)/b32-23+,35-25+/t31-,33-,34-,36+,37+,38+,39+,40-,41+,42-,43-,44-,45+,46-,48+,49+,50+,52+,53+,61+/m0/s1. The number of cyclic esters (lactones) is 1. The summed E-state index contributed by atoms with van der Waals surface area (Å²) in [5, 5.41) is 58.7. The van der Waals surface area contributed by atoms with Gasteiger partial charge in [0.15, 0.2) is 0 Å². The van der Waals surface area contributed by atoms with Gasteiger partial charge in [-0.2, -0.15) is 0 Å². The second kappa shape index (κ2) is 27.2. The van der Waals surface area contributed by atoms with E-state index in [9.17, 15) is 62.7 Å². The highest BCUT2D eigenvalue weighted by Gasteiger charge is 2.61. The van der Waals surface area contributed by atoms with Gasteiger partial charge in [0.05, 0.1) is 47.2 Å². The van der Waals surface area contributed by atoms with Gasteiger partial charge in [0, 0.05) is 73.0 Å². The highest BCUT2D eigenvalue weighted by molar-refractivity contribution is 8.03. The Bertz CT molecular complexity index is 2630. The third-order valence-corrected chi connectivity index (χ3v) is 23.3. The van der Waals surface area contributed by atoms with E-state index in [1.165, 1.54) is 35.6 Å². The number of piperidine rings is 1. The molecule has 6 aliphatic heterocycles. The Morgan fingerprint density at radius 2 is 1.67 bits per heavy atom. The summed E-state index contributed by atoms with van der Waals surface area (Å²) in [5.41, 5.74) is 1.39. The summed E-state index contributed by atoms with van der Waals surface area (Å²) in [6.45, 7) is 20.3. The average Bonchev–Trinajstić information content (AvgIpc) is 2.02. The topological polar surface area (TPSA) is 296 Å². The molecular formula is C61H96N4O16S2. The fourth-order valence-corrected chi connectivity index (χ4v) is 17.3. The van der Waals surface area contributed by atoms with Crippen LogP contribution in [0.5, 0.6) is 0 Å². The maximum Gasteiger partial charge on any atom is 0.353 e. The normalized spacial score (nSPS) is 39.7. The summed E-state index contributed by atoms with van der Waals surface area (Å²) < 4.78 is 48.4. The van der Waals surface area contributed by atoms with E-state index >= 15 is 0 Å². The van der Waals surface area contributed by atoms with E-state index in [1.807, 2.05) is 39.8 Å². The van der Waals surface area contributed by atoms with Crippen molar-refractivity contribution in [2.75, 3.05) is 26.7 Å². The number of allylic oxidation sites excluding steroid dienone is 3. The number of nitrogens with one attached hydrogen (secondary N) is 2. The van der Waals surface area contributed by atoms with E-state index in [-0.39, 0.29) is 91.1 Å². The van der Waals surface area contributed by atoms with Crippen molar-refractivity contribution in [2.24, 2.45) is 53.3 Å². The number of amides is 2. The summed E-state index contributed by atoms with van der Waals surface area (Å²) in [6.07, 6.45) is 3.38. The minimum absolute atomic E-state index is 0.0111. The number of sulfonamides is 1. The van der Waals surface area contributed by atoms with Crippen LogP contribution in [0.3, 0.4) is 0 Å². The number of Topliss-reactive ketones (excluding diaryl/α,β-unsaturated/α-hetero) is 2. The molecule has 0 aromatic carbocycles. The van der Waals surface area contributed by atoms with Crippen molar-refractivity contribution in [3.8, 4) is 0 Å². The third kappa shape index (κ3) is 14.5. The van der Waals surface area contributed by atoms with Crippen molar-refractivity contribution < 1.29 is 76.9 Å². The molecule has 0 radical (unpaired) electrons. The van der Waals surface area contributed by atoms with Crippen molar-refractivity contribution in [1.82, 2.24) is 19.8 Å². The number of thioether (sulfide) groups is 1. The van der Waals surface area contributed by atoms with Gasteiger partial charge in [-0.05, 0) is 141 Å². The van der Waals surface area contributed by atoms with Gasteiger partial charge in [0.25, 0.3) is 11.7 Å². The number of β-lactam (4-membered cyclic amide) rings is 1. The minimum Gasteiger partial charge on any atom is -0.477 e. The molecule has 7 aliphatic rings. The van der Waals surface area contributed by atoms with Gasteiger partial charge in [0.2, 0.25) is 21.7 Å². The number of rotatable bonds is 14. The highest BCUT2D eigenvalue weighted by Crippen LogP contribution is 2.52. The van der Waals surface area contributed by atoms with Crippen LogP contribution in [0, 0.1) is 53.3 Å². The first kappa shape index (κ1) is 66.9. The Labute approximate surface area is 495 Å². The predicted molar refractivity (Wildman–Crippen MR) is 312 cm³/mol. The number of ketones is 2. The highest BCUT2D eigenvalue weighted by atomic mass is 32.2. The van der Waals surface area contributed by atoms with Crippen molar-refractivity contribution in [1.29, 1.82) is 0 Å². The van der Waals surface area contributed by atoms with Crippen molar-refractivity contribution >= 4 is 57.1 Å². The van der Waals surface area contributed by atoms with Gasteiger partial charge >= 0.3 is 11.9 Å². The van der Waals surface area contributed by atoms with Crippen LogP contribution in [0.4, 0.5) is 0 Å². The Kier molecular flexibility index (Phi) is 21.9. The first-order chi connectivity index (χ1) is 38.8. The van der Waals surface area contributed by atoms with Crippen LogP contribution in [0.2, 0.25) is 0 Å². The summed E-state index contributed by atoms with van der Waals surface area (Å²) in [6, 6.07) is -1.93. The zero-order chi connectivity index (χ0) is 61.4. The van der Waals surface area contributed by atoms with E-state index < -0.39 is 122 Å². The lowest BCUT2D eigenvalue weighted by Crippen LogP contribution is -2.63. The number of fused-ring (bicyclic) bond motifs is 4. The molecule has 0 aromatic heterocycles. The van der Waals surface area contributed by atoms with E-state index in [2.05, 4.69) is 17.0 Å². The summed E-state index contributed by atoms with van der Waals surface area (Å²) >= 11 is 1.38. The fourth-order valence-electron chi connectivity index (χ4n) is 14.6. The number of aliphatic hydroxyl groups excluding tert-OH is 3. The van der Waals surface area contributed by atoms with E-state index in [0.717, 1.165) is 5.57 Å². The number of aliphatic carboxylic acids is 1. The molecule has 2 bridgehead atoms. The number of aliphatic hydroxyl groups is 4. The molecule has 0 aromatic rings. The number of hydrogen-bond donors (Lipinski definition) is 7. The number of ether oxygens (including phenoxy) is 3. The number of hydrogen-bond acceptors (Lipinski definition) is 17. The zero-order valence-corrected chi connectivity index (χ0v) is 52.5. The largest absolute Gasteiger partial charge is 0.477 e. The molecule has 20 nitrogen and oxygen atoms in total. The SMILES string of the molecule is CO[C@@H]1C[C@H](/C=C(\C)[C@H]2OC(=O)[C@@H]3CCCCN3C(=O)C(=O)[C@]3(O)O[C@H]([C@@H](C)C[C@@H](C)C/C(C)=C/[C@@H](CCC(C)(C)S(=O)(=O)NC[C@@H]4C[C@H](SC5=C(C(=O)O)N6C(=O)[C@H]([C@@H](C)O)[C@H]6[C@H]5C)CN4)C(=O)C[C@H](O)[C@H]2C)[C@@H](C)C[C@H]3C)CC[C@H]1O. The summed E-state index contributed by atoms with van der Waals surface area (Å²) in [7, 11) is -2.51. The first-order valence-electron chi connectivity index (χ1n) is 30.4. The Morgan fingerprint density at radius 3 is 2.34 bits per heavy atom. The molecule has 83 heavy (non-hydrogen) atoms. The van der Waals surface area contributed by atoms with Gasteiger partial charge in [0.1, 0.15) is 23.6 Å². The van der Waals surface area contributed by atoms with Gasteiger partial charge in [-0.15, -0.1) is 11.8 Å². The molecule has 0 unspecified atom stereocenters. The number of carbonyl (C=O) groups excluding carboxylic acids is 5. The number of methoxy groups -OCH3 is 1. The van der Waals surface area contributed by atoms with Crippen molar-refractivity contribution in [3.63, 3.8) is 0 Å². The quantitative estimate of drug-likeness (QED) is 0.0496. The molecule has 22 heteroatoms. The number of esters is 1. The molecule has 6 heterocycles. The number of carboxylic acids is 1. The predicted octanol–water partition coefficient (Wildman–Crippen LogP) is 5.40. The van der Waals surface area contributed by atoms with Gasteiger partial charge in [-0.25, -0.2) is 22.7 Å². The van der Waals surface area contributed by atoms with Crippen LogP contribution in [-0.2, 0) is 53.0 Å². The monoisotopic (exact) mass is 1200 g/mol. The molecule has 2 amide bonds. The molecule has 1 saturated carbocycles. The fraction of sp³-hybridized carbons (Fsp3) is 0.803. The Morgan fingerprint density at radius 1 is 0.988 bits per heavy atom. The average molecular weight is 1210 g/mol. The van der Waals surface area contributed by atoms with Crippen LogP contribution in [0.15, 0.2) is 33.9 Å². The maximum absolute atomic E-state index is 14.9. The van der Waals surface area contributed by atoms with Crippen molar-refractivity contribution in [2.45, 2.75) is 230 Å². The van der Waals surface area contributed by atoms with Crippen LogP contribution in [0.25, 0.3) is 0 Å². The lowest BCUT2D eigenvalue weighted by atomic mass is 9.76. The van der Waals surface area contributed by atoms with E-state index in [0.29, 0.717) is 74.8 Å². The second-order valence-corrected chi connectivity index (χ2v) is 30.4. The van der Waals surface area contributed by atoms with Gasteiger partial charge in [-0.3, -0.25) is 19.2 Å². The zero-order valence-electron chi connectivity index (χ0n) is 50.9. The molecule has 0 spiro atoms. The summed E-state index contributed by atoms with van der Waals surface area (Å²) in [5.74, 6) is -11.2. The Balaban J connectivity index is 1.12. The molecule has 5 fully saturated rings. The van der Waals surface area contributed by atoms with Gasteiger partial charge in [-0.1, -0.05) is 59.3 Å². The maximum atomic E-state index is 14.9.